The summed E-state index contributed by atoms with van der Waals surface area (Å²) in [5.41, 5.74) is 7.58. The van der Waals surface area contributed by atoms with Crippen LogP contribution in [0.4, 0.5) is 5.69 Å². The van der Waals surface area contributed by atoms with Gasteiger partial charge >= 0.3 is 0 Å². The van der Waals surface area contributed by atoms with Crippen molar-refractivity contribution in [1.82, 2.24) is 0 Å². The minimum atomic E-state index is -0.520. The summed E-state index contributed by atoms with van der Waals surface area (Å²) in [6, 6.07) is 6.23. The molecule has 3 nitrogen and oxygen atoms in total. The Morgan fingerprint density at radius 2 is 2.05 bits per heavy atom. The summed E-state index contributed by atoms with van der Waals surface area (Å²) in [6.45, 7) is 2.66. The van der Waals surface area contributed by atoms with Gasteiger partial charge in [-0.25, -0.2) is 0 Å². The maximum absolute atomic E-state index is 10.5. The van der Waals surface area contributed by atoms with Gasteiger partial charge in [0.15, 0.2) is 0 Å². The van der Waals surface area contributed by atoms with Gasteiger partial charge in [0.25, 0.3) is 0 Å². The van der Waals surface area contributed by atoms with Crippen LogP contribution >= 0.6 is 15.9 Å². The maximum atomic E-state index is 10.5. The fourth-order valence-corrected chi connectivity index (χ4v) is 3.53. The molecule has 0 saturated heterocycles. The molecule has 0 radical (unpaired) electrons. The Kier molecular flexibility index (Phi) is 4.54. The van der Waals surface area contributed by atoms with Crippen LogP contribution in [0.2, 0.25) is 0 Å². The summed E-state index contributed by atoms with van der Waals surface area (Å²) in [4.78, 5) is 2.13. The first-order valence-corrected chi connectivity index (χ1v) is 7.69. The predicted octanol–water partition coefficient (Wildman–Crippen LogP) is 3.21. The molecule has 19 heavy (non-hydrogen) atoms. The molecule has 0 aliphatic heterocycles. The molecule has 4 heteroatoms. The van der Waals surface area contributed by atoms with Gasteiger partial charge in [-0.05, 0) is 53.4 Å². The first-order valence-electron chi connectivity index (χ1n) is 6.90. The Labute approximate surface area is 123 Å². The number of benzene rings is 1. The Bertz CT molecular complexity index is 442. The zero-order chi connectivity index (χ0) is 14.0. The van der Waals surface area contributed by atoms with E-state index >= 15 is 0 Å². The van der Waals surface area contributed by atoms with Crippen LogP contribution in [0.1, 0.15) is 44.2 Å². The van der Waals surface area contributed by atoms with Gasteiger partial charge in [0.2, 0.25) is 0 Å². The van der Waals surface area contributed by atoms with Crippen LogP contribution in [0, 0.1) is 0 Å². The topological polar surface area (TPSA) is 49.5 Å². The van der Waals surface area contributed by atoms with Crippen molar-refractivity contribution in [3.05, 3.63) is 28.2 Å². The van der Waals surface area contributed by atoms with E-state index < -0.39 is 5.60 Å². The smallest absolute Gasteiger partial charge is 0.0821 e. The summed E-state index contributed by atoms with van der Waals surface area (Å²) in [7, 11) is 2.03. The molecular formula is C15H23BrN2O. The molecule has 1 fully saturated rings. The van der Waals surface area contributed by atoms with Gasteiger partial charge < -0.3 is 15.7 Å². The van der Waals surface area contributed by atoms with Crippen molar-refractivity contribution in [1.29, 1.82) is 0 Å². The lowest BCUT2D eigenvalue weighted by atomic mass is 10.0. The Morgan fingerprint density at radius 1 is 1.42 bits per heavy atom. The number of rotatable bonds is 4. The largest absolute Gasteiger partial charge is 0.388 e. The van der Waals surface area contributed by atoms with Crippen molar-refractivity contribution in [2.24, 2.45) is 5.73 Å². The second-order valence-electron chi connectivity index (χ2n) is 5.79. The number of nitrogens with two attached hydrogens (primary N) is 1. The second-order valence-corrected chi connectivity index (χ2v) is 6.64. The third kappa shape index (κ3) is 3.50. The van der Waals surface area contributed by atoms with Crippen molar-refractivity contribution in [3.8, 4) is 0 Å². The van der Waals surface area contributed by atoms with Crippen molar-refractivity contribution < 1.29 is 5.11 Å². The minimum absolute atomic E-state index is 0.0367. The fraction of sp³-hybridized carbons (Fsp3) is 0.600. The Hall–Kier alpha value is -0.580. The monoisotopic (exact) mass is 326 g/mol. The molecule has 0 unspecified atom stereocenters. The van der Waals surface area contributed by atoms with E-state index in [9.17, 15) is 5.11 Å². The lowest BCUT2D eigenvalue weighted by molar-refractivity contribution is 0.0559. The van der Waals surface area contributed by atoms with Crippen LogP contribution in [0.3, 0.4) is 0 Å². The molecule has 0 aromatic heterocycles. The minimum Gasteiger partial charge on any atom is -0.388 e. The highest BCUT2D eigenvalue weighted by Crippen LogP contribution is 2.34. The van der Waals surface area contributed by atoms with Crippen molar-refractivity contribution >= 4 is 21.6 Å². The van der Waals surface area contributed by atoms with Gasteiger partial charge in [-0.15, -0.1) is 0 Å². The number of aliphatic hydroxyl groups is 1. The average molecular weight is 327 g/mol. The van der Waals surface area contributed by atoms with E-state index in [2.05, 4.69) is 39.0 Å². The summed E-state index contributed by atoms with van der Waals surface area (Å²) >= 11 is 3.60. The molecule has 1 saturated carbocycles. The number of likely N-dealkylation sites (N-methyl/N-ethyl adjacent to an activating group) is 1. The first kappa shape index (κ1) is 14.8. The summed E-state index contributed by atoms with van der Waals surface area (Å²) in [5.74, 6) is 0. The predicted molar refractivity (Wildman–Crippen MR) is 83.4 cm³/mol. The Morgan fingerprint density at radius 3 is 2.58 bits per heavy atom. The number of nitrogens with zero attached hydrogens (tertiary/aromatic N) is 1. The van der Waals surface area contributed by atoms with Gasteiger partial charge in [-0.2, -0.15) is 0 Å². The van der Waals surface area contributed by atoms with E-state index in [1.807, 2.05) is 14.0 Å². The lowest BCUT2D eigenvalue weighted by Crippen LogP contribution is -2.39. The van der Waals surface area contributed by atoms with Crippen LogP contribution < -0.4 is 10.6 Å². The third-order valence-corrected chi connectivity index (χ3v) is 4.61. The van der Waals surface area contributed by atoms with Crippen LogP contribution in [-0.2, 0) is 0 Å². The lowest BCUT2D eigenvalue weighted by Gasteiger charge is -2.30. The van der Waals surface area contributed by atoms with Crippen LogP contribution in [0.25, 0.3) is 0 Å². The maximum Gasteiger partial charge on any atom is 0.0821 e. The van der Waals surface area contributed by atoms with Crippen molar-refractivity contribution in [2.75, 3.05) is 18.5 Å². The molecule has 1 aliphatic carbocycles. The summed E-state index contributed by atoms with van der Waals surface area (Å²) in [5, 5.41) is 10.5. The molecular weight excluding hydrogens is 304 g/mol. The van der Waals surface area contributed by atoms with E-state index in [1.54, 1.807) is 0 Å². The molecule has 0 heterocycles. The van der Waals surface area contributed by atoms with Crippen LogP contribution in [-0.4, -0.2) is 24.3 Å². The normalized spacial score (nSPS) is 19.4. The van der Waals surface area contributed by atoms with Gasteiger partial charge in [0.05, 0.1) is 11.3 Å². The average Bonchev–Trinajstić information content (AvgIpc) is 2.75. The summed E-state index contributed by atoms with van der Waals surface area (Å²) < 4.78 is 1.03. The fourth-order valence-electron chi connectivity index (χ4n) is 2.83. The SMILES string of the molecule is C[C@@H](N)c1ccc(N(C)CC2(O)CCCC2)c(Br)c1. The quantitative estimate of drug-likeness (QED) is 0.893. The van der Waals surface area contributed by atoms with E-state index in [4.69, 9.17) is 5.73 Å². The molecule has 1 aromatic carbocycles. The molecule has 1 aromatic rings. The first-order chi connectivity index (χ1) is 8.91. The van der Waals surface area contributed by atoms with E-state index in [0.29, 0.717) is 6.54 Å². The standard InChI is InChI=1S/C15H23BrN2O/c1-11(17)12-5-6-14(13(16)9-12)18(2)10-15(19)7-3-4-8-15/h5-6,9,11,19H,3-4,7-8,10,17H2,1-2H3/t11-/m1/s1. The Balaban J connectivity index is 2.12. The van der Waals surface area contributed by atoms with E-state index in [0.717, 1.165) is 41.4 Å². The molecule has 0 spiro atoms. The molecule has 3 N–H and O–H groups in total. The molecule has 0 amide bonds. The molecule has 0 bridgehead atoms. The van der Waals surface area contributed by atoms with Gasteiger partial charge in [-0.1, -0.05) is 18.9 Å². The third-order valence-electron chi connectivity index (χ3n) is 3.97. The highest BCUT2D eigenvalue weighted by molar-refractivity contribution is 9.10. The van der Waals surface area contributed by atoms with E-state index in [-0.39, 0.29) is 6.04 Å². The van der Waals surface area contributed by atoms with Crippen LogP contribution in [0.15, 0.2) is 22.7 Å². The van der Waals surface area contributed by atoms with Gasteiger partial charge in [0, 0.05) is 24.1 Å². The molecule has 2 rings (SSSR count). The molecule has 106 valence electrons. The van der Waals surface area contributed by atoms with E-state index in [1.165, 1.54) is 0 Å². The van der Waals surface area contributed by atoms with Gasteiger partial charge in [0.1, 0.15) is 0 Å². The number of hydrogen-bond acceptors (Lipinski definition) is 3. The van der Waals surface area contributed by atoms with Gasteiger partial charge in [-0.3, -0.25) is 0 Å². The van der Waals surface area contributed by atoms with Crippen LogP contribution in [0.5, 0.6) is 0 Å². The number of anilines is 1. The highest BCUT2D eigenvalue weighted by atomic mass is 79.9. The molecule has 1 atom stereocenters. The highest BCUT2D eigenvalue weighted by Gasteiger charge is 2.32. The molecule has 1 aliphatic rings. The summed E-state index contributed by atoms with van der Waals surface area (Å²) in [6.07, 6.45) is 4.09. The number of hydrogen-bond donors (Lipinski definition) is 2. The zero-order valence-electron chi connectivity index (χ0n) is 11.7. The second kappa shape index (κ2) is 5.81. The number of halogens is 1. The van der Waals surface area contributed by atoms with Crippen molar-refractivity contribution in [3.63, 3.8) is 0 Å². The zero-order valence-corrected chi connectivity index (χ0v) is 13.3. The van der Waals surface area contributed by atoms with Crippen molar-refractivity contribution in [2.45, 2.75) is 44.2 Å².